The molecule has 0 bridgehead atoms. The minimum atomic E-state index is -0.824. The van der Waals surface area contributed by atoms with E-state index in [9.17, 15) is 9.50 Å². The molecule has 0 saturated heterocycles. The first kappa shape index (κ1) is 11.9. The molecule has 1 aromatic heterocycles. The number of aliphatic hydroxyl groups excluding tert-OH is 1. The van der Waals surface area contributed by atoms with Crippen molar-refractivity contribution in [3.63, 3.8) is 0 Å². The monoisotopic (exact) mass is 255 g/mol. The molecule has 1 unspecified atom stereocenters. The van der Waals surface area contributed by atoms with E-state index in [1.165, 1.54) is 6.07 Å². The van der Waals surface area contributed by atoms with Gasteiger partial charge in [0.2, 0.25) is 0 Å². The lowest BCUT2D eigenvalue weighted by Crippen LogP contribution is -2.01. The number of H-pyrrole nitrogens is 1. The van der Waals surface area contributed by atoms with Crippen molar-refractivity contribution in [2.75, 3.05) is 0 Å². The summed E-state index contributed by atoms with van der Waals surface area (Å²) in [5, 5.41) is 11.4. The van der Waals surface area contributed by atoms with E-state index < -0.39 is 6.10 Å². The highest BCUT2D eigenvalue weighted by atomic mass is 19.1. The van der Waals surface area contributed by atoms with Gasteiger partial charge in [-0.1, -0.05) is 24.3 Å². The van der Waals surface area contributed by atoms with Crippen LogP contribution in [0, 0.1) is 12.7 Å². The number of aryl methyl sites for hydroxylation is 1. The quantitative estimate of drug-likeness (QED) is 0.719. The molecule has 2 nitrogen and oxygen atoms in total. The molecular formula is C16H14FNO. The summed E-state index contributed by atoms with van der Waals surface area (Å²) in [4.78, 5) is 3.10. The van der Waals surface area contributed by atoms with Gasteiger partial charge in [-0.2, -0.15) is 0 Å². The molecule has 0 aliphatic carbocycles. The fourth-order valence-corrected chi connectivity index (χ4v) is 2.31. The third kappa shape index (κ3) is 2.02. The molecule has 1 heterocycles. The van der Waals surface area contributed by atoms with E-state index in [2.05, 4.69) is 4.98 Å². The zero-order valence-corrected chi connectivity index (χ0v) is 10.5. The molecule has 3 heteroatoms. The Kier molecular flexibility index (Phi) is 2.84. The molecule has 0 aliphatic heterocycles. The van der Waals surface area contributed by atoms with Gasteiger partial charge in [0.1, 0.15) is 11.9 Å². The molecule has 0 spiro atoms. The van der Waals surface area contributed by atoms with Gasteiger partial charge in [0.25, 0.3) is 0 Å². The maximum absolute atomic E-state index is 13.6. The molecule has 0 saturated carbocycles. The Morgan fingerprint density at radius 1 is 1.16 bits per heavy atom. The van der Waals surface area contributed by atoms with Crippen LogP contribution in [0.25, 0.3) is 10.9 Å². The van der Waals surface area contributed by atoms with Gasteiger partial charge in [0.05, 0.1) is 0 Å². The summed E-state index contributed by atoms with van der Waals surface area (Å²) in [5.74, 6) is -0.294. The van der Waals surface area contributed by atoms with Gasteiger partial charge in [0, 0.05) is 17.1 Å². The zero-order valence-electron chi connectivity index (χ0n) is 10.5. The number of benzene rings is 2. The number of halogens is 1. The smallest absolute Gasteiger partial charge is 0.126 e. The van der Waals surface area contributed by atoms with Gasteiger partial charge in [-0.25, -0.2) is 4.39 Å². The number of hydrogen-bond donors (Lipinski definition) is 2. The summed E-state index contributed by atoms with van der Waals surface area (Å²) in [5.41, 5.74) is 2.89. The summed E-state index contributed by atoms with van der Waals surface area (Å²) in [6.45, 7) is 1.71. The molecular weight excluding hydrogens is 241 g/mol. The summed E-state index contributed by atoms with van der Waals surface area (Å²) in [6, 6.07) is 12.4. The van der Waals surface area contributed by atoms with Gasteiger partial charge in [0.15, 0.2) is 0 Å². The molecule has 96 valence electrons. The third-order valence-electron chi connectivity index (χ3n) is 3.43. The van der Waals surface area contributed by atoms with Crippen LogP contribution in [-0.2, 0) is 0 Å². The highest BCUT2D eigenvalue weighted by molar-refractivity contribution is 5.83. The van der Waals surface area contributed by atoms with E-state index in [-0.39, 0.29) is 5.82 Å². The third-order valence-corrected chi connectivity index (χ3v) is 3.43. The minimum Gasteiger partial charge on any atom is -0.384 e. The average Bonchev–Trinajstić information content (AvgIpc) is 2.89. The summed E-state index contributed by atoms with van der Waals surface area (Å²) < 4.78 is 13.6. The molecule has 2 N–H and O–H groups in total. The number of aromatic amines is 1. The summed E-state index contributed by atoms with van der Waals surface area (Å²) in [7, 11) is 0. The number of rotatable bonds is 2. The second-order valence-electron chi connectivity index (χ2n) is 4.70. The van der Waals surface area contributed by atoms with E-state index >= 15 is 0 Å². The first-order valence-corrected chi connectivity index (χ1v) is 6.17. The van der Waals surface area contributed by atoms with Crippen molar-refractivity contribution < 1.29 is 9.50 Å². The van der Waals surface area contributed by atoms with Crippen LogP contribution in [0.15, 0.2) is 48.7 Å². The van der Waals surface area contributed by atoms with Crippen molar-refractivity contribution in [3.8, 4) is 0 Å². The Bertz CT molecular complexity index is 732. The topological polar surface area (TPSA) is 36.0 Å². The largest absolute Gasteiger partial charge is 0.384 e. The number of aromatic nitrogens is 1. The Balaban J connectivity index is 2.10. The highest BCUT2D eigenvalue weighted by Crippen LogP contribution is 2.29. The lowest BCUT2D eigenvalue weighted by molar-refractivity contribution is 0.221. The minimum absolute atomic E-state index is 0.294. The van der Waals surface area contributed by atoms with Gasteiger partial charge in [-0.3, -0.25) is 0 Å². The normalized spacial score (nSPS) is 12.8. The Morgan fingerprint density at radius 3 is 2.79 bits per heavy atom. The fraction of sp³-hybridized carbons (Fsp3) is 0.125. The van der Waals surface area contributed by atoms with Gasteiger partial charge >= 0.3 is 0 Å². The first-order chi connectivity index (χ1) is 9.16. The Morgan fingerprint density at radius 2 is 2.00 bits per heavy atom. The predicted octanol–water partition coefficient (Wildman–Crippen LogP) is 3.70. The van der Waals surface area contributed by atoms with Crippen molar-refractivity contribution in [3.05, 3.63) is 71.2 Å². The molecule has 3 aromatic rings. The van der Waals surface area contributed by atoms with Crippen LogP contribution in [0.5, 0.6) is 0 Å². The van der Waals surface area contributed by atoms with Crippen LogP contribution in [0.3, 0.4) is 0 Å². The summed E-state index contributed by atoms with van der Waals surface area (Å²) in [6.07, 6.45) is 1.01. The molecule has 2 aromatic carbocycles. The lowest BCUT2D eigenvalue weighted by atomic mass is 9.97. The van der Waals surface area contributed by atoms with Crippen molar-refractivity contribution in [2.24, 2.45) is 0 Å². The first-order valence-electron chi connectivity index (χ1n) is 6.17. The predicted molar refractivity (Wildman–Crippen MR) is 73.5 cm³/mol. The molecule has 0 amide bonds. The average molecular weight is 255 g/mol. The molecule has 3 rings (SSSR count). The van der Waals surface area contributed by atoms with Crippen LogP contribution < -0.4 is 0 Å². The van der Waals surface area contributed by atoms with Crippen molar-refractivity contribution in [1.29, 1.82) is 0 Å². The van der Waals surface area contributed by atoms with Crippen LogP contribution in [-0.4, -0.2) is 10.1 Å². The number of fused-ring (bicyclic) bond motifs is 1. The number of hydrogen-bond acceptors (Lipinski definition) is 1. The van der Waals surface area contributed by atoms with Crippen LogP contribution >= 0.6 is 0 Å². The lowest BCUT2D eigenvalue weighted by Gasteiger charge is -2.13. The summed E-state index contributed by atoms with van der Waals surface area (Å²) >= 11 is 0. The Labute approximate surface area is 110 Å². The van der Waals surface area contributed by atoms with Crippen molar-refractivity contribution in [1.82, 2.24) is 4.98 Å². The number of aliphatic hydroxyl groups is 1. The van der Waals surface area contributed by atoms with Gasteiger partial charge in [-0.15, -0.1) is 0 Å². The molecule has 1 atom stereocenters. The molecule has 19 heavy (non-hydrogen) atoms. The van der Waals surface area contributed by atoms with E-state index in [0.29, 0.717) is 11.1 Å². The fourth-order valence-electron chi connectivity index (χ4n) is 2.31. The SMILES string of the molecule is Cc1ccc(C(O)c2cccc3[nH]ccc23)cc1F. The van der Waals surface area contributed by atoms with Crippen LogP contribution in [0.4, 0.5) is 4.39 Å². The molecule has 0 radical (unpaired) electrons. The van der Waals surface area contributed by atoms with Crippen molar-refractivity contribution >= 4 is 10.9 Å². The number of nitrogens with one attached hydrogen (secondary N) is 1. The van der Waals surface area contributed by atoms with Gasteiger partial charge in [-0.05, 0) is 41.8 Å². The van der Waals surface area contributed by atoms with Crippen molar-refractivity contribution in [2.45, 2.75) is 13.0 Å². The zero-order chi connectivity index (χ0) is 13.4. The molecule has 0 aliphatic rings. The van der Waals surface area contributed by atoms with Crippen LogP contribution in [0.2, 0.25) is 0 Å². The highest BCUT2D eigenvalue weighted by Gasteiger charge is 2.15. The van der Waals surface area contributed by atoms with Gasteiger partial charge < -0.3 is 10.1 Å². The van der Waals surface area contributed by atoms with E-state index in [1.807, 2.05) is 30.5 Å². The van der Waals surface area contributed by atoms with Crippen LogP contribution in [0.1, 0.15) is 22.8 Å². The standard InChI is InChI=1S/C16H14FNO/c1-10-5-6-11(9-14(10)17)16(19)13-3-2-4-15-12(13)7-8-18-15/h2-9,16,18-19H,1H3. The van der Waals surface area contributed by atoms with E-state index in [4.69, 9.17) is 0 Å². The molecule has 0 fully saturated rings. The maximum atomic E-state index is 13.6. The Hall–Kier alpha value is -2.13. The van der Waals surface area contributed by atoms with E-state index in [0.717, 1.165) is 16.5 Å². The second-order valence-corrected chi connectivity index (χ2v) is 4.70. The second kappa shape index (κ2) is 4.52. The van der Waals surface area contributed by atoms with E-state index in [1.54, 1.807) is 19.1 Å². The maximum Gasteiger partial charge on any atom is 0.126 e.